The first-order valence-corrected chi connectivity index (χ1v) is 16.4. The van der Waals surface area contributed by atoms with E-state index >= 15 is 0 Å². The molecule has 20 heteroatoms. The third-order valence-corrected chi connectivity index (χ3v) is 9.38. The molecular formula is C33H40O20. The zero-order valence-electron chi connectivity index (χ0n) is 27.9. The number of ether oxygens (including phenoxy) is 6. The highest BCUT2D eigenvalue weighted by Crippen LogP contribution is 2.40. The van der Waals surface area contributed by atoms with Gasteiger partial charge in [-0.25, -0.2) is 0 Å². The molecule has 3 aliphatic rings. The van der Waals surface area contributed by atoms with Gasteiger partial charge < -0.3 is 94.1 Å². The van der Waals surface area contributed by atoms with E-state index in [1.807, 2.05) is 0 Å². The molecule has 3 saturated heterocycles. The Labute approximate surface area is 298 Å². The summed E-state index contributed by atoms with van der Waals surface area (Å²) in [5.74, 6) is -3.28. The first kappa shape index (κ1) is 38.8. The van der Waals surface area contributed by atoms with Crippen LogP contribution in [0.15, 0.2) is 39.5 Å². The molecule has 0 radical (unpaired) electrons. The van der Waals surface area contributed by atoms with Crippen LogP contribution >= 0.6 is 0 Å². The molecule has 6 rings (SSSR count). The van der Waals surface area contributed by atoms with E-state index < -0.39 is 133 Å². The molecule has 0 spiro atoms. The predicted molar refractivity (Wildman–Crippen MR) is 172 cm³/mol. The molecule has 2 aromatic carbocycles. The fourth-order valence-electron chi connectivity index (χ4n) is 6.35. The molecule has 0 amide bonds. The van der Waals surface area contributed by atoms with Crippen molar-refractivity contribution in [2.45, 2.75) is 106 Å². The van der Waals surface area contributed by atoms with Crippen LogP contribution in [0.4, 0.5) is 0 Å². The molecule has 20 nitrogen and oxygen atoms in total. The molecule has 0 unspecified atom stereocenters. The van der Waals surface area contributed by atoms with Gasteiger partial charge in [-0.15, -0.1) is 0 Å². The molecule has 1 aromatic heterocycles. The second kappa shape index (κ2) is 15.1. The zero-order valence-corrected chi connectivity index (χ0v) is 27.9. The highest BCUT2D eigenvalue weighted by atomic mass is 16.7. The molecule has 3 aliphatic heterocycles. The highest BCUT2D eigenvalue weighted by Gasteiger charge is 2.51. The molecule has 292 valence electrons. The van der Waals surface area contributed by atoms with Crippen molar-refractivity contribution in [2.75, 3.05) is 6.61 Å². The molecular weight excluding hydrogens is 716 g/mol. The first-order chi connectivity index (χ1) is 25.0. The lowest BCUT2D eigenvalue weighted by Crippen LogP contribution is -2.64. The SMILES string of the molecule is C[C@@H]1O[C@@H](Oc2cc(O)c3c(=O)c(O)c(-c4ccc(O[C@@H]5[C@H](O)[C@@H](O)[C@@H](O[C@@H]6[C@@H](O)[C@@H](O)[C@H](O)O[C@H]6C)O[C@@H]5CO)c(O)c4)oc3c2)[C@H](O)[C@H](O)[C@H]1O. The van der Waals surface area contributed by atoms with E-state index in [-0.39, 0.29) is 22.6 Å². The summed E-state index contributed by atoms with van der Waals surface area (Å²) < 4.78 is 38.7. The van der Waals surface area contributed by atoms with Crippen LogP contribution in [0.25, 0.3) is 22.3 Å². The minimum absolute atomic E-state index is 0.0866. The van der Waals surface area contributed by atoms with Gasteiger partial charge in [0.25, 0.3) is 0 Å². The van der Waals surface area contributed by atoms with Gasteiger partial charge in [-0.2, -0.15) is 0 Å². The maximum atomic E-state index is 13.1. The number of phenols is 2. The number of hydrogen-bond donors (Lipinski definition) is 12. The maximum Gasteiger partial charge on any atom is 0.238 e. The molecule has 12 N–H and O–H groups in total. The number of aromatic hydroxyl groups is 3. The Kier molecular flexibility index (Phi) is 11.1. The quantitative estimate of drug-likeness (QED) is 0.108. The minimum atomic E-state index is -1.87. The average molecular weight is 757 g/mol. The Balaban J connectivity index is 1.22. The van der Waals surface area contributed by atoms with Crippen molar-refractivity contribution in [2.24, 2.45) is 0 Å². The number of phenolic OH excluding ortho intramolecular Hbond substituents is 2. The van der Waals surface area contributed by atoms with Crippen molar-refractivity contribution in [3.63, 3.8) is 0 Å². The summed E-state index contributed by atoms with van der Waals surface area (Å²) in [5, 5.41) is 124. The smallest absolute Gasteiger partial charge is 0.238 e. The van der Waals surface area contributed by atoms with E-state index in [0.29, 0.717) is 0 Å². The lowest BCUT2D eigenvalue weighted by molar-refractivity contribution is -0.349. The fraction of sp³-hybridized carbons (Fsp3) is 0.545. The van der Waals surface area contributed by atoms with Crippen LogP contribution in [0, 0.1) is 0 Å². The van der Waals surface area contributed by atoms with Crippen LogP contribution in [0.3, 0.4) is 0 Å². The topological polar surface area (TPSA) is 328 Å². The second-order valence-corrected chi connectivity index (χ2v) is 13.0. The Morgan fingerprint density at radius 1 is 0.679 bits per heavy atom. The standard InChI is InChI=1S/C33H40O20/c1-9-19(37)21(39)26(44)32(48-9)49-12-6-14(36)18-16(7-12)51-29(22(40)20(18)38)11-3-4-15(13(35)5-11)50-30-17(8-34)52-33(27(45)24(30)42)53-28-10(2)47-31(46)25(43)23(28)41/h3-7,9-10,17,19,21,23-28,30-37,39-46H,8H2,1-2H3/t9-,10-,17+,19-,21+,23-,24+,25+,26+,27+,28-,30-,31+,32-,33+/m0/s1. The van der Waals surface area contributed by atoms with Crippen LogP contribution in [-0.4, -0.2) is 160 Å². The second-order valence-electron chi connectivity index (χ2n) is 13.0. The van der Waals surface area contributed by atoms with E-state index in [2.05, 4.69) is 0 Å². The molecule has 53 heavy (non-hydrogen) atoms. The summed E-state index contributed by atoms with van der Waals surface area (Å²) in [4.78, 5) is 13.1. The van der Waals surface area contributed by atoms with Gasteiger partial charge in [0.15, 0.2) is 35.9 Å². The Morgan fingerprint density at radius 3 is 2.04 bits per heavy atom. The van der Waals surface area contributed by atoms with Crippen LogP contribution in [0.5, 0.6) is 28.7 Å². The van der Waals surface area contributed by atoms with Crippen molar-refractivity contribution < 1.29 is 94.1 Å². The van der Waals surface area contributed by atoms with E-state index in [9.17, 15) is 66.1 Å². The number of aliphatic hydroxyl groups is 9. The van der Waals surface area contributed by atoms with Crippen LogP contribution in [-0.2, 0) is 18.9 Å². The van der Waals surface area contributed by atoms with Gasteiger partial charge in [0, 0.05) is 17.7 Å². The van der Waals surface area contributed by atoms with Gasteiger partial charge >= 0.3 is 0 Å². The number of benzene rings is 2. The van der Waals surface area contributed by atoms with Crippen LogP contribution in [0.2, 0.25) is 0 Å². The molecule has 0 saturated carbocycles. The van der Waals surface area contributed by atoms with Crippen molar-refractivity contribution in [3.05, 3.63) is 40.6 Å². The van der Waals surface area contributed by atoms with Crippen molar-refractivity contribution >= 4 is 11.0 Å². The van der Waals surface area contributed by atoms with E-state index in [1.54, 1.807) is 0 Å². The van der Waals surface area contributed by atoms with E-state index in [0.717, 1.165) is 24.3 Å². The molecule has 3 aromatic rings. The maximum absolute atomic E-state index is 13.1. The van der Waals surface area contributed by atoms with Gasteiger partial charge in [-0.05, 0) is 32.0 Å². The molecule has 4 heterocycles. The van der Waals surface area contributed by atoms with Crippen molar-refractivity contribution in [1.29, 1.82) is 0 Å². The average Bonchev–Trinajstić information content (AvgIpc) is 3.11. The third-order valence-electron chi connectivity index (χ3n) is 9.38. The highest BCUT2D eigenvalue weighted by molar-refractivity contribution is 5.88. The zero-order chi connectivity index (χ0) is 38.6. The van der Waals surface area contributed by atoms with Crippen LogP contribution in [0.1, 0.15) is 13.8 Å². The minimum Gasteiger partial charge on any atom is -0.507 e. The predicted octanol–water partition coefficient (Wildman–Crippen LogP) is -3.19. The summed E-state index contributed by atoms with van der Waals surface area (Å²) in [6.07, 6.45) is -22.9. The largest absolute Gasteiger partial charge is 0.507 e. The summed E-state index contributed by atoms with van der Waals surface area (Å²) in [6.45, 7) is 2.05. The van der Waals surface area contributed by atoms with Crippen molar-refractivity contribution in [1.82, 2.24) is 0 Å². The number of rotatable bonds is 8. The summed E-state index contributed by atoms with van der Waals surface area (Å²) in [5.41, 5.74) is -1.47. The van der Waals surface area contributed by atoms with Gasteiger partial charge in [0.05, 0.1) is 18.8 Å². The molecule has 0 bridgehead atoms. The Morgan fingerprint density at radius 2 is 1.36 bits per heavy atom. The summed E-state index contributed by atoms with van der Waals surface area (Å²) in [7, 11) is 0. The first-order valence-electron chi connectivity index (χ1n) is 16.4. The van der Waals surface area contributed by atoms with Gasteiger partial charge in [-0.3, -0.25) is 4.79 Å². The normalized spacial score (nSPS) is 37.8. The van der Waals surface area contributed by atoms with Gasteiger partial charge in [0.1, 0.15) is 77.4 Å². The third kappa shape index (κ3) is 7.22. The number of aliphatic hydroxyl groups excluding tert-OH is 9. The number of hydrogen-bond acceptors (Lipinski definition) is 20. The fourth-order valence-corrected chi connectivity index (χ4v) is 6.35. The monoisotopic (exact) mass is 756 g/mol. The Bertz CT molecular complexity index is 1830. The summed E-state index contributed by atoms with van der Waals surface area (Å²) in [6, 6.07) is 5.50. The molecule has 3 fully saturated rings. The van der Waals surface area contributed by atoms with E-state index in [1.165, 1.54) is 19.9 Å². The lowest BCUT2D eigenvalue weighted by Gasteiger charge is -2.45. The van der Waals surface area contributed by atoms with Gasteiger partial charge in [0.2, 0.25) is 17.5 Å². The Hall–Kier alpha value is -3.87. The van der Waals surface area contributed by atoms with Crippen molar-refractivity contribution in [3.8, 4) is 40.1 Å². The lowest BCUT2D eigenvalue weighted by atomic mass is 9.97. The van der Waals surface area contributed by atoms with Gasteiger partial charge in [-0.1, -0.05) is 0 Å². The molecule has 0 aliphatic carbocycles. The number of fused-ring (bicyclic) bond motifs is 1. The van der Waals surface area contributed by atoms with Crippen LogP contribution < -0.4 is 14.9 Å². The van der Waals surface area contributed by atoms with E-state index in [4.69, 9.17) is 32.8 Å². The summed E-state index contributed by atoms with van der Waals surface area (Å²) >= 11 is 0. The molecule has 15 atom stereocenters.